The number of rotatable bonds is 3. The average Bonchev–Trinajstić information content (AvgIpc) is 2.66. The number of carbonyl (C=O) groups excluding carboxylic acids is 2. The topological polar surface area (TPSA) is 71.1 Å². The van der Waals surface area contributed by atoms with Crippen molar-refractivity contribution in [1.29, 1.82) is 0 Å². The number of amides is 3. The van der Waals surface area contributed by atoms with Gasteiger partial charge in [0.2, 0.25) is 5.91 Å². The zero-order valence-electron chi connectivity index (χ0n) is 16.0. The molecule has 3 aliphatic heterocycles. The van der Waals surface area contributed by atoms with Crippen LogP contribution in [0.2, 0.25) is 0 Å². The standard InChI is InChI=1S/C19H21F4N3O4/c20-14-5-12(19(21,22)23)2-1-11(14)9-29-13-6-26(7-13)18(28)25-4-3-16-15(8-25)24-17(27)10-30-16/h1-2,5,13,15-16H,3-4,6-10H2,(H,24,27)/t15?,16-/m0/s1. The molecule has 11 heteroatoms. The Hall–Kier alpha value is -2.40. The van der Waals surface area contributed by atoms with Gasteiger partial charge in [-0.3, -0.25) is 4.79 Å². The Bertz CT molecular complexity index is 828. The third-order valence-corrected chi connectivity index (χ3v) is 5.57. The minimum Gasteiger partial charge on any atom is -0.370 e. The van der Waals surface area contributed by atoms with Gasteiger partial charge in [-0.2, -0.15) is 13.2 Å². The number of fused-ring (bicyclic) bond motifs is 1. The molecule has 3 saturated heterocycles. The number of nitrogens with zero attached hydrogens (tertiary/aromatic N) is 2. The lowest BCUT2D eigenvalue weighted by Gasteiger charge is -2.45. The highest BCUT2D eigenvalue weighted by Crippen LogP contribution is 2.30. The van der Waals surface area contributed by atoms with Crippen LogP contribution in [-0.4, -0.2) is 72.8 Å². The molecule has 2 atom stereocenters. The van der Waals surface area contributed by atoms with Crippen LogP contribution < -0.4 is 5.32 Å². The number of hydrogen-bond donors (Lipinski definition) is 1. The maximum absolute atomic E-state index is 13.9. The summed E-state index contributed by atoms with van der Waals surface area (Å²) in [5.41, 5.74) is -1.02. The predicted molar refractivity (Wildman–Crippen MR) is 94.8 cm³/mol. The van der Waals surface area contributed by atoms with Gasteiger partial charge in [-0.15, -0.1) is 0 Å². The lowest BCUT2D eigenvalue weighted by molar-refractivity contribution is -0.140. The van der Waals surface area contributed by atoms with Gasteiger partial charge in [0, 0.05) is 18.7 Å². The fraction of sp³-hybridized carbons (Fsp3) is 0.579. The second-order valence-electron chi connectivity index (χ2n) is 7.68. The van der Waals surface area contributed by atoms with Crippen LogP contribution in [0.4, 0.5) is 22.4 Å². The van der Waals surface area contributed by atoms with Crippen LogP contribution in [0, 0.1) is 5.82 Å². The van der Waals surface area contributed by atoms with Crippen molar-refractivity contribution in [3.63, 3.8) is 0 Å². The number of hydrogen-bond acceptors (Lipinski definition) is 4. The smallest absolute Gasteiger partial charge is 0.370 e. The van der Waals surface area contributed by atoms with Crippen molar-refractivity contribution in [2.45, 2.75) is 37.5 Å². The van der Waals surface area contributed by atoms with Crippen molar-refractivity contribution in [1.82, 2.24) is 15.1 Å². The van der Waals surface area contributed by atoms with E-state index in [4.69, 9.17) is 9.47 Å². The van der Waals surface area contributed by atoms with Gasteiger partial charge in [-0.05, 0) is 18.6 Å². The summed E-state index contributed by atoms with van der Waals surface area (Å²) in [6, 6.07) is 1.93. The summed E-state index contributed by atoms with van der Waals surface area (Å²) < 4.78 is 62.7. The van der Waals surface area contributed by atoms with E-state index in [0.717, 1.165) is 12.1 Å². The molecule has 3 heterocycles. The summed E-state index contributed by atoms with van der Waals surface area (Å²) in [6.07, 6.45) is -4.36. The van der Waals surface area contributed by atoms with Crippen molar-refractivity contribution >= 4 is 11.9 Å². The Balaban J connectivity index is 1.23. The number of alkyl halides is 3. The lowest BCUT2D eigenvalue weighted by Crippen LogP contribution is -2.65. The molecule has 0 spiro atoms. The SMILES string of the molecule is O=C1CO[C@H]2CCN(C(=O)N3CC(OCc4ccc(C(F)(F)F)cc4F)C3)CC2N1. The second kappa shape index (κ2) is 8.03. The first-order valence-electron chi connectivity index (χ1n) is 9.63. The van der Waals surface area contributed by atoms with E-state index >= 15 is 0 Å². The molecular weight excluding hydrogens is 410 g/mol. The fourth-order valence-corrected chi connectivity index (χ4v) is 3.82. The first-order valence-corrected chi connectivity index (χ1v) is 9.63. The largest absolute Gasteiger partial charge is 0.416 e. The molecule has 7 nitrogen and oxygen atoms in total. The number of carbonyl (C=O) groups is 2. The van der Waals surface area contributed by atoms with E-state index in [1.54, 1.807) is 9.80 Å². The molecule has 1 aromatic carbocycles. The van der Waals surface area contributed by atoms with E-state index in [2.05, 4.69) is 5.32 Å². The normalized spacial score (nSPS) is 24.9. The first kappa shape index (κ1) is 20.9. The zero-order valence-corrected chi connectivity index (χ0v) is 16.0. The Morgan fingerprint density at radius 1 is 1.23 bits per heavy atom. The van der Waals surface area contributed by atoms with Gasteiger partial charge in [0.25, 0.3) is 0 Å². The van der Waals surface area contributed by atoms with Gasteiger partial charge in [0.15, 0.2) is 0 Å². The van der Waals surface area contributed by atoms with Crippen molar-refractivity contribution < 1.29 is 36.6 Å². The van der Waals surface area contributed by atoms with E-state index in [1.165, 1.54) is 0 Å². The lowest BCUT2D eigenvalue weighted by atomic mass is 10.0. The highest BCUT2D eigenvalue weighted by Gasteiger charge is 2.40. The third-order valence-electron chi connectivity index (χ3n) is 5.57. The molecule has 4 rings (SSSR count). The van der Waals surface area contributed by atoms with Crippen molar-refractivity contribution in [2.75, 3.05) is 32.8 Å². The summed E-state index contributed by atoms with van der Waals surface area (Å²) in [5.74, 6) is -1.17. The molecular formula is C19H21F4N3O4. The Labute approximate surface area is 169 Å². The molecule has 0 aliphatic carbocycles. The van der Waals surface area contributed by atoms with Gasteiger partial charge in [-0.1, -0.05) is 6.07 Å². The van der Waals surface area contributed by atoms with E-state index in [0.29, 0.717) is 38.7 Å². The van der Waals surface area contributed by atoms with Gasteiger partial charge >= 0.3 is 12.2 Å². The maximum atomic E-state index is 13.9. The van der Waals surface area contributed by atoms with Crippen LogP contribution in [0.5, 0.6) is 0 Å². The average molecular weight is 431 g/mol. The molecule has 1 aromatic rings. The molecule has 3 aliphatic rings. The summed E-state index contributed by atoms with van der Waals surface area (Å²) in [7, 11) is 0. The predicted octanol–water partition coefficient (Wildman–Crippen LogP) is 1.75. The van der Waals surface area contributed by atoms with E-state index in [1.807, 2.05) is 0 Å². The summed E-state index contributed by atoms with van der Waals surface area (Å²) >= 11 is 0. The molecule has 0 saturated carbocycles. The van der Waals surface area contributed by atoms with Crippen LogP contribution in [0.15, 0.2) is 18.2 Å². The van der Waals surface area contributed by atoms with Crippen molar-refractivity contribution in [3.8, 4) is 0 Å². The highest BCUT2D eigenvalue weighted by molar-refractivity contribution is 5.79. The molecule has 0 bridgehead atoms. The minimum absolute atomic E-state index is 0.0305. The molecule has 0 aromatic heterocycles. The number of piperidine rings is 1. The quantitative estimate of drug-likeness (QED) is 0.741. The summed E-state index contributed by atoms with van der Waals surface area (Å²) in [4.78, 5) is 27.3. The maximum Gasteiger partial charge on any atom is 0.416 e. The van der Waals surface area contributed by atoms with E-state index in [9.17, 15) is 27.2 Å². The van der Waals surface area contributed by atoms with Crippen LogP contribution >= 0.6 is 0 Å². The molecule has 3 fully saturated rings. The van der Waals surface area contributed by atoms with Crippen LogP contribution in [-0.2, 0) is 27.1 Å². The fourth-order valence-electron chi connectivity index (χ4n) is 3.82. The van der Waals surface area contributed by atoms with E-state index < -0.39 is 17.6 Å². The molecule has 164 valence electrons. The number of halogens is 4. The second-order valence-corrected chi connectivity index (χ2v) is 7.68. The number of urea groups is 1. The highest BCUT2D eigenvalue weighted by atomic mass is 19.4. The molecule has 3 amide bonds. The van der Waals surface area contributed by atoms with Crippen LogP contribution in [0.1, 0.15) is 17.5 Å². The third kappa shape index (κ3) is 4.36. The van der Waals surface area contributed by atoms with E-state index in [-0.39, 0.29) is 49.0 Å². The molecule has 0 radical (unpaired) electrons. The minimum atomic E-state index is -4.60. The van der Waals surface area contributed by atoms with Gasteiger partial charge in [0.1, 0.15) is 12.4 Å². The Morgan fingerprint density at radius 2 is 2.00 bits per heavy atom. The van der Waals surface area contributed by atoms with Crippen molar-refractivity contribution in [2.24, 2.45) is 0 Å². The van der Waals surface area contributed by atoms with Gasteiger partial charge in [-0.25, -0.2) is 9.18 Å². The van der Waals surface area contributed by atoms with Gasteiger partial charge in [0.05, 0.1) is 43.5 Å². The number of ether oxygens (including phenoxy) is 2. The first-order chi connectivity index (χ1) is 14.2. The molecule has 1 unspecified atom stereocenters. The van der Waals surface area contributed by atoms with Gasteiger partial charge < -0.3 is 24.6 Å². The van der Waals surface area contributed by atoms with Crippen LogP contribution in [0.25, 0.3) is 0 Å². The molecule has 30 heavy (non-hydrogen) atoms. The zero-order chi connectivity index (χ0) is 21.5. The molecule has 1 N–H and O–H groups in total. The monoisotopic (exact) mass is 431 g/mol. The number of benzene rings is 1. The summed E-state index contributed by atoms with van der Waals surface area (Å²) in [5, 5.41) is 2.84. The van der Waals surface area contributed by atoms with Crippen molar-refractivity contribution in [3.05, 3.63) is 35.1 Å². The summed E-state index contributed by atoms with van der Waals surface area (Å²) in [6.45, 7) is 1.39. The Kier molecular flexibility index (Phi) is 5.58. The number of nitrogens with one attached hydrogen (secondary N) is 1. The number of likely N-dealkylation sites (tertiary alicyclic amines) is 2. The Morgan fingerprint density at radius 3 is 2.70 bits per heavy atom. The number of morpholine rings is 1. The van der Waals surface area contributed by atoms with Crippen LogP contribution in [0.3, 0.4) is 0 Å².